The van der Waals surface area contributed by atoms with E-state index in [0.29, 0.717) is 36.9 Å². The van der Waals surface area contributed by atoms with Gasteiger partial charge >= 0.3 is 0 Å². The first-order valence-corrected chi connectivity index (χ1v) is 10.6. The second-order valence-electron chi connectivity index (χ2n) is 8.46. The van der Waals surface area contributed by atoms with Crippen molar-refractivity contribution in [2.24, 2.45) is 5.92 Å². The highest BCUT2D eigenvalue weighted by atomic mass is 19.2. The van der Waals surface area contributed by atoms with Crippen LogP contribution in [0.25, 0.3) is 11.3 Å². The third kappa shape index (κ3) is 3.81. The normalized spacial score (nSPS) is 20.0. The molecule has 2 aromatic carbocycles. The number of rotatable bonds is 5. The van der Waals surface area contributed by atoms with Gasteiger partial charge in [-0.15, -0.1) is 0 Å². The summed E-state index contributed by atoms with van der Waals surface area (Å²) in [7, 11) is 1.58. The Balaban J connectivity index is 1.37. The number of nitrogens with zero attached hydrogens (tertiary/aromatic N) is 3. The van der Waals surface area contributed by atoms with E-state index >= 15 is 0 Å². The van der Waals surface area contributed by atoms with Gasteiger partial charge in [0.2, 0.25) is 5.91 Å². The smallest absolute Gasteiger partial charge is 0.228 e. The van der Waals surface area contributed by atoms with E-state index in [-0.39, 0.29) is 30.0 Å². The zero-order chi connectivity index (χ0) is 23.3. The van der Waals surface area contributed by atoms with E-state index in [2.05, 4.69) is 9.88 Å². The highest BCUT2D eigenvalue weighted by molar-refractivity contribution is 5.83. The van der Waals surface area contributed by atoms with Crippen molar-refractivity contribution in [1.29, 1.82) is 0 Å². The van der Waals surface area contributed by atoms with Crippen molar-refractivity contribution in [3.8, 4) is 17.1 Å². The van der Waals surface area contributed by atoms with Gasteiger partial charge in [0.25, 0.3) is 0 Å². The summed E-state index contributed by atoms with van der Waals surface area (Å²) in [6, 6.07) is 7.52. The zero-order valence-electron chi connectivity index (χ0n) is 18.1. The SMILES string of the molecule is COc1cc(N2CC3CC(C2)N(Cc2cc(F)c(F)c(F)c2)C3=O)ccc1-c1cnc(C)o1. The third-order valence-corrected chi connectivity index (χ3v) is 6.34. The number of hydrogen-bond donors (Lipinski definition) is 0. The number of fused-ring (bicyclic) bond motifs is 2. The number of carbonyl (C=O) groups excluding carboxylic acids is 1. The molecule has 1 aromatic heterocycles. The number of carbonyl (C=O) groups is 1. The summed E-state index contributed by atoms with van der Waals surface area (Å²) in [6.45, 7) is 2.90. The summed E-state index contributed by atoms with van der Waals surface area (Å²) in [6.07, 6.45) is 2.32. The van der Waals surface area contributed by atoms with Crippen molar-refractivity contribution in [2.75, 3.05) is 25.1 Å². The molecule has 0 spiro atoms. The molecule has 2 unspecified atom stereocenters. The van der Waals surface area contributed by atoms with Crippen molar-refractivity contribution in [3.05, 3.63) is 65.4 Å². The molecule has 172 valence electrons. The standard InChI is InChI=1S/C24H22F3N3O3/c1-13-28-9-22(33-13)18-4-3-16(8-21(18)32-2)29-11-15-7-17(12-29)30(24(15)31)10-14-5-19(25)23(27)20(26)6-14/h3-6,8-9,15,17H,7,10-12H2,1-2H3. The minimum Gasteiger partial charge on any atom is -0.496 e. The monoisotopic (exact) mass is 457 g/mol. The number of aromatic nitrogens is 1. The Hall–Kier alpha value is -3.49. The molecule has 2 atom stereocenters. The summed E-state index contributed by atoms with van der Waals surface area (Å²) >= 11 is 0. The minimum absolute atomic E-state index is 0.0368. The van der Waals surface area contributed by atoms with E-state index < -0.39 is 17.5 Å². The topological polar surface area (TPSA) is 58.8 Å². The molecule has 5 rings (SSSR count). The maximum Gasteiger partial charge on any atom is 0.228 e. The summed E-state index contributed by atoms with van der Waals surface area (Å²) < 4.78 is 51.8. The molecule has 6 nitrogen and oxygen atoms in total. The predicted molar refractivity (Wildman–Crippen MR) is 114 cm³/mol. The van der Waals surface area contributed by atoms with Crippen LogP contribution in [0.1, 0.15) is 17.9 Å². The maximum atomic E-state index is 13.6. The maximum absolute atomic E-state index is 13.6. The Kier molecular flexibility index (Phi) is 5.26. The third-order valence-electron chi connectivity index (χ3n) is 6.34. The van der Waals surface area contributed by atoms with E-state index in [1.807, 2.05) is 18.2 Å². The van der Waals surface area contributed by atoms with Gasteiger partial charge in [-0.25, -0.2) is 18.2 Å². The molecule has 2 aliphatic heterocycles. The highest BCUT2D eigenvalue weighted by Crippen LogP contribution is 2.38. The Labute approximate surface area is 188 Å². The van der Waals surface area contributed by atoms with E-state index in [4.69, 9.17) is 9.15 Å². The fourth-order valence-corrected chi connectivity index (χ4v) is 4.77. The van der Waals surface area contributed by atoms with Crippen molar-refractivity contribution in [3.63, 3.8) is 0 Å². The Bertz CT molecular complexity index is 1210. The van der Waals surface area contributed by atoms with Gasteiger partial charge in [-0.1, -0.05) is 0 Å². The minimum atomic E-state index is -1.51. The molecule has 0 radical (unpaired) electrons. The van der Waals surface area contributed by atoms with Gasteiger partial charge in [0.1, 0.15) is 5.75 Å². The predicted octanol–water partition coefficient (Wildman–Crippen LogP) is 4.31. The van der Waals surface area contributed by atoms with Crippen LogP contribution >= 0.6 is 0 Å². The first-order chi connectivity index (χ1) is 15.8. The van der Waals surface area contributed by atoms with Crippen molar-refractivity contribution < 1.29 is 27.1 Å². The van der Waals surface area contributed by atoms with Crippen LogP contribution in [0.5, 0.6) is 5.75 Å². The lowest BCUT2D eigenvalue weighted by molar-refractivity contribution is -0.131. The Morgan fingerprint density at radius 1 is 1.15 bits per heavy atom. The van der Waals surface area contributed by atoms with Crippen LogP contribution in [0.4, 0.5) is 18.9 Å². The van der Waals surface area contributed by atoms with Crippen LogP contribution < -0.4 is 9.64 Å². The van der Waals surface area contributed by atoms with E-state index in [1.54, 1.807) is 25.1 Å². The number of ether oxygens (including phenoxy) is 1. The first-order valence-electron chi connectivity index (χ1n) is 10.6. The molecule has 0 aliphatic carbocycles. The lowest BCUT2D eigenvalue weighted by atomic mass is 9.98. The lowest BCUT2D eigenvalue weighted by Gasteiger charge is -2.34. The van der Waals surface area contributed by atoms with Crippen LogP contribution in [0, 0.1) is 30.3 Å². The van der Waals surface area contributed by atoms with E-state index in [9.17, 15) is 18.0 Å². The number of piperidine rings is 1. The number of amides is 1. The second kappa shape index (κ2) is 8.13. The molecule has 0 saturated carbocycles. The number of benzene rings is 2. The Morgan fingerprint density at radius 2 is 1.91 bits per heavy atom. The first kappa shape index (κ1) is 21.4. The highest BCUT2D eigenvalue weighted by Gasteiger charge is 2.44. The van der Waals surface area contributed by atoms with Crippen LogP contribution in [0.3, 0.4) is 0 Å². The van der Waals surface area contributed by atoms with Gasteiger partial charge in [-0.2, -0.15) is 0 Å². The largest absolute Gasteiger partial charge is 0.496 e. The zero-order valence-corrected chi connectivity index (χ0v) is 18.1. The molecule has 1 amide bonds. The van der Waals surface area contributed by atoms with Gasteiger partial charge < -0.3 is 19.0 Å². The number of aryl methyl sites for hydroxylation is 1. The molecular formula is C24H22F3N3O3. The quantitative estimate of drug-likeness (QED) is 0.535. The molecule has 0 N–H and O–H groups in total. The summed E-state index contributed by atoms with van der Waals surface area (Å²) in [4.78, 5) is 20.8. The summed E-state index contributed by atoms with van der Waals surface area (Å²) in [5.41, 5.74) is 1.90. The number of oxazole rings is 1. The van der Waals surface area contributed by atoms with Crippen molar-refractivity contribution >= 4 is 11.6 Å². The number of likely N-dealkylation sites (tertiary alicyclic amines) is 1. The summed E-state index contributed by atoms with van der Waals surface area (Å²) in [5.74, 6) is -2.50. The van der Waals surface area contributed by atoms with Crippen LogP contribution in [-0.2, 0) is 11.3 Å². The van der Waals surface area contributed by atoms with Gasteiger partial charge in [0.05, 0.1) is 30.8 Å². The molecule has 3 aromatic rings. The average Bonchev–Trinajstić information content (AvgIpc) is 3.33. The molecule has 2 fully saturated rings. The van der Waals surface area contributed by atoms with Crippen LogP contribution in [0.2, 0.25) is 0 Å². The molecular weight excluding hydrogens is 435 g/mol. The molecule has 9 heteroatoms. The fraction of sp³-hybridized carbons (Fsp3) is 0.333. The Morgan fingerprint density at radius 3 is 2.58 bits per heavy atom. The van der Waals surface area contributed by atoms with Gasteiger partial charge in [-0.3, -0.25) is 4.79 Å². The van der Waals surface area contributed by atoms with Crippen LogP contribution in [-0.4, -0.2) is 42.0 Å². The lowest BCUT2D eigenvalue weighted by Crippen LogP contribution is -2.42. The van der Waals surface area contributed by atoms with E-state index in [0.717, 1.165) is 23.4 Å². The average molecular weight is 457 g/mol. The van der Waals surface area contributed by atoms with E-state index in [1.165, 1.54) is 0 Å². The summed E-state index contributed by atoms with van der Waals surface area (Å²) in [5, 5.41) is 0. The number of anilines is 1. The number of halogens is 3. The number of methoxy groups -OCH3 is 1. The molecule has 3 heterocycles. The molecule has 33 heavy (non-hydrogen) atoms. The molecule has 2 aliphatic rings. The fourth-order valence-electron chi connectivity index (χ4n) is 4.77. The molecule has 2 saturated heterocycles. The van der Waals surface area contributed by atoms with Crippen LogP contribution in [0.15, 0.2) is 40.9 Å². The second-order valence-corrected chi connectivity index (χ2v) is 8.46. The van der Waals surface area contributed by atoms with Gasteiger partial charge in [0, 0.05) is 38.3 Å². The van der Waals surface area contributed by atoms with Gasteiger partial charge in [-0.05, 0) is 36.2 Å². The van der Waals surface area contributed by atoms with Crippen molar-refractivity contribution in [2.45, 2.75) is 25.9 Å². The van der Waals surface area contributed by atoms with Gasteiger partial charge in [0.15, 0.2) is 29.1 Å². The molecule has 2 bridgehead atoms. The number of hydrogen-bond acceptors (Lipinski definition) is 5. The van der Waals surface area contributed by atoms with Crippen molar-refractivity contribution in [1.82, 2.24) is 9.88 Å².